The largest absolute Gasteiger partial charge is 0.286 e. The number of nitrogens with zero attached hydrogens (tertiary/aromatic N) is 1. The lowest BCUT2D eigenvalue weighted by Crippen LogP contribution is -2.00. The average molecular weight is 217 g/mol. The van der Waals surface area contributed by atoms with Crippen molar-refractivity contribution in [2.24, 2.45) is 0 Å². The van der Waals surface area contributed by atoms with Crippen LogP contribution in [0.25, 0.3) is 0 Å². The van der Waals surface area contributed by atoms with Gasteiger partial charge in [-0.3, -0.25) is 4.79 Å². The van der Waals surface area contributed by atoms with Gasteiger partial charge in [0.05, 0.1) is 0 Å². The van der Waals surface area contributed by atoms with E-state index < -0.39 is 0 Å². The summed E-state index contributed by atoms with van der Waals surface area (Å²) in [5.74, 6) is 0.00750. The zero-order valence-corrected chi connectivity index (χ0v) is 9.47. The highest BCUT2D eigenvalue weighted by atomic mass is 32.1. The van der Waals surface area contributed by atoms with Crippen LogP contribution in [0.5, 0.6) is 0 Å². The number of hydrogen-bond acceptors (Lipinski definition) is 3. The van der Waals surface area contributed by atoms with Crippen LogP contribution in [0.3, 0.4) is 0 Å². The van der Waals surface area contributed by atoms with Gasteiger partial charge in [0, 0.05) is 16.6 Å². The van der Waals surface area contributed by atoms with Crippen LogP contribution >= 0.6 is 11.3 Å². The van der Waals surface area contributed by atoms with Crippen molar-refractivity contribution >= 4 is 17.1 Å². The van der Waals surface area contributed by atoms with E-state index in [1.807, 2.05) is 43.5 Å². The predicted molar refractivity (Wildman–Crippen MR) is 61.5 cm³/mol. The Labute approximate surface area is 92.6 Å². The van der Waals surface area contributed by atoms with E-state index in [0.29, 0.717) is 10.6 Å². The molecule has 0 amide bonds. The van der Waals surface area contributed by atoms with Crippen LogP contribution in [-0.2, 0) is 0 Å². The van der Waals surface area contributed by atoms with Crippen LogP contribution in [-0.4, -0.2) is 10.8 Å². The lowest BCUT2D eigenvalue weighted by atomic mass is 10.1. The number of ketones is 1. The fourth-order valence-electron chi connectivity index (χ4n) is 1.29. The fourth-order valence-corrected chi connectivity index (χ4v) is 2.04. The SMILES string of the molecule is Cc1ccc(C(=O)c2nc(C)cs2)cc1. The standard InChI is InChI=1S/C12H11NOS/c1-8-3-5-10(6-4-8)11(14)12-13-9(2)7-15-12/h3-7H,1-2H3. The molecule has 76 valence electrons. The number of carbonyl (C=O) groups is 1. The van der Waals surface area contributed by atoms with Gasteiger partial charge in [0.2, 0.25) is 5.78 Å². The summed E-state index contributed by atoms with van der Waals surface area (Å²) in [7, 11) is 0. The first-order valence-corrected chi connectivity index (χ1v) is 5.58. The molecule has 2 rings (SSSR count). The van der Waals surface area contributed by atoms with E-state index >= 15 is 0 Å². The van der Waals surface area contributed by atoms with Crippen LogP contribution in [0.4, 0.5) is 0 Å². The minimum absolute atomic E-state index is 0.00750. The Morgan fingerprint density at radius 2 is 1.87 bits per heavy atom. The second-order valence-corrected chi connectivity index (χ2v) is 4.35. The maximum absolute atomic E-state index is 11.9. The van der Waals surface area contributed by atoms with Crippen molar-refractivity contribution in [1.82, 2.24) is 4.98 Å². The maximum Gasteiger partial charge on any atom is 0.221 e. The molecule has 0 unspecified atom stereocenters. The summed E-state index contributed by atoms with van der Waals surface area (Å²) in [6, 6.07) is 7.56. The van der Waals surface area contributed by atoms with Crippen molar-refractivity contribution in [3.8, 4) is 0 Å². The molecule has 0 N–H and O–H groups in total. The van der Waals surface area contributed by atoms with Gasteiger partial charge in [-0.15, -0.1) is 11.3 Å². The molecule has 2 nitrogen and oxygen atoms in total. The highest BCUT2D eigenvalue weighted by Crippen LogP contribution is 2.14. The van der Waals surface area contributed by atoms with Crippen LogP contribution < -0.4 is 0 Å². The van der Waals surface area contributed by atoms with Crippen LogP contribution in [0.1, 0.15) is 26.6 Å². The van der Waals surface area contributed by atoms with Crippen LogP contribution in [0, 0.1) is 13.8 Å². The van der Waals surface area contributed by atoms with Gasteiger partial charge in [-0.2, -0.15) is 0 Å². The van der Waals surface area contributed by atoms with Crippen molar-refractivity contribution in [3.63, 3.8) is 0 Å². The Bertz CT molecular complexity index is 485. The summed E-state index contributed by atoms with van der Waals surface area (Å²) in [4.78, 5) is 16.1. The minimum atomic E-state index is 0.00750. The molecule has 3 heteroatoms. The monoisotopic (exact) mass is 217 g/mol. The number of aromatic nitrogens is 1. The molecule has 0 aliphatic rings. The summed E-state index contributed by atoms with van der Waals surface area (Å²) in [5.41, 5.74) is 2.76. The molecular formula is C12H11NOS. The molecule has 2 aromatic rings. The van der Waals surface area contributed by atoms with Crippen LogP contribution in [0.2, 0.25) is 0 Å². The zero-order valence-electron chi connectivity index (χ0n) is 8.65. The molecule has 0 radical (unpaired) electrons. The number of thiazole rings is 1. The number of benzene rings is 1. The molecule has 0 saturated carbocycles. The van der Waals surface area contributed by atoms with Gasteiger partial charge in [0.1, 0.15) is 0 Å². The Kier molecular flexibility index (Phi) is 2.64. The first kappa shape index (κ1) is 10.1. The highest BCUT2D eigenvalue weighted by Gasteiger charge is 2.11. The number of carbonyl (C=O) groups excluding carboxylic acids is 1. The number of hydrogen-bond donors (Lipinski definition) is 0. The zero-order chi connectivity index (χ0) is 10.8. The summed E-state index contributed by atoms with van der Waals surface area (Å²) in [6.07, 6.45) is 0. The van der Waals surface area contributed by atoms with Gasteiger partial charge < -0.3 is 0 Å². The van der Waals surface area contributed by atoms with Crippen molar-refractivity contribution in [2.45, 2.75) is 13.8 Å². The van der Waals surface area contributed by atoms with Gasteiger partial charge in [-0.05, 0) is 13.8 Å². The highest BCUT2D eigenvalue weighted by molar-refractivity contribution is 7.12. The lowest BCUT2D eigenvalue weighted by Gasteiger charge is -1.97. The normalized spacial score (nSPS) is 10.3. The van der Waals surface area contributed by atoms with E-state index in [1.54, 1.807) is 0 Å². The Balaban J connectivity index is 2.32. The molecule has 0 bridgehead atoms. The lowest BCUT2D eigenvalue weighted by molar-refractivity contribution is 0.103. The quantitative estimate of drug-likeness (QED) is 0.724. The molecule has 0 spiro atoms. The van der Waals surface area contributed by atoms with Crippen molar-refractivity contribution in [3.05, 3.63) is 51.5 Å². The van der Waals surface area contributed by atoms with Gasteiger partial charge in [0.15, 0.2) is 5.01 Å². The predicted octanol–water partition coefficient (Wildman–Crippen LogP) is 2.99. The Morgan fingerprint density at radius 3 is 2.40 bits per heavy atom. The third kappa shape index (κ3) is 2.13. The van der Waals surface area contributed by atoms with Gasteiger partial charge in [-0.25, -0.2) is 4.98 Å². The summed E-state index contributed by atoms with van der Waals surface area (Å²) in [6.45, 7) is 3.89. The topological polar surface area (TPSA) is 30.0 Å². The Morgan fingerprint density at radius 1 is 1.20 bits per heavy atom. The minimum Gasteiger partial charge on any atom is -0.286 e. The van der Waals surface area contributed by atoms with E-state index in [4.69, 9.17) is 0 Å². The van der Waals surface area contributed by atoms with Gasteiger partial charge >= 0.3 is 0 Å². The first-order valence-electron chi connectivity index (χ1n) is 4.70. The molecule has 15 heavy (non-hydrogen) atoms. The smallest absolute Gasteiger partial charge is 0.221 e. The van der Waals surface area contributed by atoms with Crippen LogP contribution in [0.15, 0.2) is 29.6 Å². The maximum atomic E-state index is 11.9. The molecule has 0 aliphatic carbocycles. The summed E-state index contributed by atoms with van der Waals surface area (Å²) in [5, 5.41) is 2.46. The second kappa shape index (κ2) is 3.95. The molecule has 0 atom stereocenters. The van der Waals surface area contributed by atoms with Crippen molar-refractivity contribution in [1.29, 1.82) is 0 Å². The molecule has 1 aromatic heterocycles. The average Bonchev–Trinajstić information content (AvgIpc) is 2.65. The van der Waals surface area contributed by atoms with E-state index in [9.17, 15) is 4.79 Å². The number of aryl methyl sites for hydroxylation is 2. The Hall–Kier alpha value is -1.48. The van der Waals surface area contributed by atoms with E-state index in [1.165, 1.54) is 11.3 Å². The molecule has 0 fully saturated rings. The first-order chi connectivity index (χ1) is 7.16. The van der Waals surface area contributed by atoms with Crippen molar-refractivity contribution in [2.75, 3.05) is 0 Å². The molecule has 1 aromatic carbocycles. The van der Waals surface area contributed by atoms with E-state index in [0.717, 1.165) is 11.3 Å². The van der Waals surface area contributed by atoms with Gasteiger partial charge in [-0.1, -0.05) is 29.8 Å². The molecule has 0 aliphatic heterocycles. The number of rotatable bonds is 2. The third-order valence-corrected chi connectivity index (χ3v) is 3.09. The second-order valence-electron chi connectivity index (χ2n) is 3.49. The molecule has 1 heterocycles. The molecule has 0 saturated heterocycles. The van der Waals surface area contributed by atoms with E-state index in [-0.39, 0.29) is 5.78 Å². The summed E-state index contributed by atoms with van der Waals surface area (Å²) >= 11 is 1.40. The molecular weight excluding hydrogens is 206 g/mol. The fraction of sp³-hybridized carbons (Fsp3) is 0.167. The summed E-state index contributed by atoms with van der Waals surface area (Å²) < 4.78 is 0. The van der Waals surface area contributed by atoms with Crippen molar-refractivity contribution < 1.29 is 4.79 Å². The van der Waals surface area contributed by atoms with Gasteiger partial charge in [0.25, 0.3) is 0 Å². The van der Waals surface area contributed by atoms with E-state index in [2.05, 4.69) is 4.98 Å². The third-order valence-electron chi connectivity index (χ3n) is 2.13.